The van der Waals surface area contributed by atoms with Gasteiger partial charge in [-0.1, -0.05) is 27.7 Å². The number of nitro benzene ring substituents is 2. The Hall–Kier alpha value is -5.81. The van der Waals surface area contributed by atoms with Gasteiger partial charge in [-0.05, 0) is 17.3 Å². The summed E-state index contributed by atoms with van der Waals surface area (Å²) in [5.41, 5.74) is -2.94. The van der Waals surface area contributed by atoms with Gasteiger partial charge in [0.25, 0.3) is 23.2 Å². The number of Topliss-reactive ketones (excluding diaryl/α,β-unsaturated/α-hetero) is 2. The van der Waals surface area contributed by atoms with E-state index in [9.17, 15) is 44.2 Å². The van der Waals surface area contributed by atoms with Crippen molar-refractivity contribution in [3.63, 3.8) is 0 Å². The third-order valence-corrected chi connectivity index (χ3v) is 8.81. The van der Waals surface area contributed by atoms with Gasteiger partial charge in [-0.2, -0.15) is 0 Å². The Morgan fingerprint density at radius 1 is 0.755 bits per heavy atom. The lowest BCUT2D eigenvalue weighted by atomic mass is 9.76. The third kappa shape index (κ3) is 9.17. The Morgan fingerprint density at radius 2 is 1.25 bits per heavy atom. The van der Waals surface area contributed by atoms with Crippen molar-refractivity contribution in [2.45, 2.75) is 53.0 Å². The largest absolute Gasteiger partial charge is 0.493 e. The molecule has 0 aromatic heterocycles. The molecule has 53 heavy (non-hydrogen) atoms. The number of rotatable bonds is 15. The highest BCUT2D eigenvalue weighted by molar-refractivity contribution is 6.05. The molecule has 18 heteroatoms. The number of ketones is 2. The first-order valence-electron chi connectivity index (χ1n) is 16.5. The van der Waals surface area contributed by atoms with E-state index in [1.807, 2.05) is 27.7 Å². The number of benzene rings is 2. The van der Waals surface area contributed by atoms with E-state index >= 15 is 0 Å². The van der Waals surface area contributed by atoms with E-state index in [1.165, 1.54) is 25.2 Å². The van der Waals surface area contributed by atoms with Crippen LogP contribution in [-0.2, 0) is 19.1 Å². The fourth-order valence-electron chi connectivity index (χ4n) is 6.61. The van der Waals surface area contributed by atoms with Crippen LogP contribution in [0.2, 0.25) is 0 Å². The maximum absolute atomic E-state index is 13.5. The van der Waals surface area contributed by atoms with Crippen molar-refractivity contribution in [1.29, 1.82) is 0 Å². The number of nitrogens with zero attached hydrogens (tertiary/aromatic N) is 4. The summed E-state index contributed by atoms with van der Waals surface area (Å²) in [7, 11) is 3.73. The average Bonchev–Trinajstić information content (AvgIpc) is 3.72. The molecule has 286 valence electrons. The lowest BCUT2D eigenvalue weighted by molar-refractivity contribution is -0.385. The van der Waals surface area contributed by atoms with Crippen LogP contribution in [0.4, 0.5) is 11.4 Å². The first-order valence-corrected chi connectivity index (χ1v) is 16.5. The van der Waals surface area contributed by atoms with Crippen LogP contribution < -0.4 is 18.9 Å². The summed E-state index contributed by atoms with van der Waals surface area (Å²) in [6, 6.07) is 3.32. The average molecular weight is 743 g/mol. The molecule has 2 heterocycles. The van der Waals surface area contributed by atoms with Gasteiger partial charge in [0, 0.05) is 31.5 Å². The second kappa shape index (κ2) is 15.8. The number of hydrogen-bond acceptors (Lipinski definition) is 14. The van der Waals surface area contributed by atoms with E-state index in [2.05, 4.69) is 0 Å². The van der Waals surface area contributed by atoms with E-state index in [1.54, 1.807) is 0 Å². The molecule has 0 saturated carbocycles. The Bertz CT molecular complexity index is 1840. The summed E-state index contributed by atoms with van der Waals surface area (Å²) in [5, 5.41) is 24.1. The number of likely N-dealkylation sites (tertiary alicyclic amines) is 2. The minimum absolute atomic E-state index is 0.00411. The van der Waals surface area contributed by atoms with Gasteiger partial charge in [0.15, 0.2) is 34.6 Å². The molecule has 2 aromatic rings. The smallest absolute Gasteiger partial charge is 0.329 e. The van der Waals surface area contributed by atoms with Crippen molar-refractivity contribution in [2.75, 3.05) is 54.2 Å². The molecule has 0 aliphatic carbocycles. The predicted octanol–water partition coefficient (Wildman–Crippen LogP) is 3.79. The standard InChI is InChI=1S/C35H42N4O14/c1-34(2,18-52-29-13-24(38(45)46)22(11-27(29)49-5)31(42)36-9-8-20(40)15-36)17-35(3,4)19-53-30-14-25(39(47)48)23(12-28(30)50-6)32(43)37-16-21(41)10-26(37)33(44)51-7/h11-14,26H,8-10,15-19H2,1-7H3. The number of hydrogen-bond donors (Lipinski definition) is 0. The summed E-state index contributed by atoms with van der Waals surface area (Å²) in [5.74, 6) is -2.83. The fourth-order valence-corrected chi connectivity index (χ4v) is 6.61. The zero-order valence-electron chi connectivity index (χ0n) is 30.5. The number of carbonyl (C=O) groups is 5. The van der Waals surface area contributed by atoms with E-state index in [0.29, 0.717) is 6.42 Å². The maximum Gasteiger partial charge on any atom is 0.329 e. The molecule has 0 N–H and O–H groups in total. The maximum atomic E-state index is 13.5. The minimum Gasteiger partial charge on any atom is -0.493 e. The van der Waals surface area contributed by atoms with Gasteiger partial charge in [0.05, 0.1) is 69.6 Å². The normalized spacial score (nSPS) is 16.0. The summed E-state index contributed by atoms with van der Waals surface area (Å²) < 4.78 is 27.6. The zero-order valence-corrected chi connectivity index (χ0v) is 30.5. The van der Waals surface area contributed by atoms with Crippen LogP contribution in [0.5, 0.6) is 23.0 Å². The molecule has 18 nitrogen and oxygen atoms in total. The molecule has 0 spiro atoms. The van der Waals surface area contributed by atoms with Gasteiger partial charge in [-0.15, -0.1) is 0 Å². The highest BCUT2D eigenvalue weighted by Crippen LogP contribution is 2.41. The van der Waals surface area contributed by atoms with Crippen LogP contribution >= 0.6 is 0 Å². The van der Waals surface area contributed by atoms with Gasteiger partial charge in [0.2, 0.25) is 0 Å². The lowest BCUT2D eigenvalue weighted by Crippen LogP contribution is -2.41. The Morgan fingerprint density at radius 3 is 1.66 bits per heavy atom. The molecule has 2 aliphatic heterocycles. The Kier molecular flexibility index (Phi) is 11.9. The summed E-state index contributed by atoms with van der Waals surface area (Å²) in [4.78, 5) is 87.4. The monoisotopic (exact) mass is 742 g/mol. The van der Waals surface area contributed by atoms with Crippen molar-refractivity contribution in [3.8, 4) is 23.0 Å². The van der Waals surface area contributed by atoms with Gasteiger partial charge >= 0.3 is 5.97 Å². The van der Waals surface area contributed by atoms with Gasteiger partial charge in [-0.25, -0.2) is 4.79 Å². The van der Waals surface area contributed by atoms with Crippen LogP contribution in [0.3, 0.4) is 0 Å². The number of carbonyl (C=O) groups excluding carboxylic acids is 5. The van der Waals surface area contributed by atoms with Crippen molar-refractivity contribution >= 4 is 40.7 Å². The van der Waals surface area contributed by atoms with E-state index in [0.717, 1.165) is 30.2 Å². The predicted molar refractivity (Wildman–Crippen MR) is 184 cm³/mol. The highest BCUT2D eigenvalue weighted by Gasteiger charge is 2.42. The second-order valence-corrected chi connectivity index (χ2v) is 14.4. The molecule has 2 fully saturated rings. The SMILES string of the molecule is COC(=O)C1CC(=O)CN1C(=O)c1cc(OC)c(OCC(C)(C)CC(C)(C)COc2cc([N+](=O)[O-])c(C(=O)N3CCC(=O)C3)cc2OC)cc1[N+](=O)[O-]. The third-order valence-electron chi connectivity index (χ3n) is 8.81. The molecule has 0 bridgehead atoms. The topological polar surface area (TPSA) is 224 Å². The van der Waals surface area contributed by atoms with Gasteiger partial charge in [-0.3, -0.25) is 39.4 Å². The van der Waals surface area contributed by atoms with Crippen LogP contribution in [0.25, 0.3) is 0 Å². The first kappa shape index (κ1) is 40.0. The molecule has 0 radical (unpaired) electrons. The number of nitro groups is 2. The van der Waals surface area contributed by atoms with E-state index in [-0.39, 0.29) is 73.5 Å². The fraction of sp³-hybridized carbons (Fsp3) is 0.514. The molecular formula is C35H42N4O14. The quantitative estimate of drug-likeness (QED) is 0.144. The summed E-state index contributed by atoms with van der Waals surface area (Å²) in [6.45, 7) is 7.27. The Labute approximate surface area is 304 Å². The van der Waals surface area contributed by atoms with Gasteiger partial charge < -0.3 is 33.5 Å². The zero-order chi connectivity index (χ0) is 39.4. The molecule has 2 aliphatic rings. The molecule has 4 rings (SSSR count). The number of ether oxygens (including phenoxy) is 5. The van der Waals surface area contributed by atoms with Crippen LogP contribution in [0.15, 0.2) is 24.3 Å². The number of methoxy groups -OCH3 is 3. The van der Waals surface area contributed by atoms with Crippen LogP contribution in [0.1, 0.15) is 67.7 Å². The molecule has 2 amide bonds. The van der Waals surface area contributed by atoms with E-state index < -0.39 is 73.8 Å². The molecule has 2 aromatic carbocycles. The van der Waals surface area contributed by atoms with Gasteiger partial charge in [0.1, 0.15) is 17.2 Å². The molecule has 2 saturated heterocycles. The molecular weight excluding hydrogens is 700 g/mol. The van der Waals surface area contributed by atoms with Crippen molar-refractivity contribution in [1.82, 2.24) is 9.80 Å². The summed E-state index contributed by atoms with van der Waals surface area (Å²) in [6.07, 6.45) is 0.353. The van der Waals surface area contributed by atoms with E-state index in [4.69, 9.17) is 23.7 Å². The molecule has 1 unspecified atom stereocenters. The van der Waals surface area contributed by atoms with Crippen molar-refractivity contribution in [2.24, 2.45) is 10.8 Å². The summed E-state index contributed by atoms with van der Waals surface area (Å²) >= 11 is 0. The second-order valence-electron chi connectivity index (χ2n) is 14.4. The number of amides is 2. The van der Waals surface area contributed by atoms with Crippen molar-refractivity contribution in [3.05, 3.63) is 55.6 Å². The highest BCUT2D eigenvalue weighted by atomic mass is 16.6. The van der Waals surface area contributed by atoms with Crippen LogP contribution in [0, 0.1) is 31.1 Å². The number of esters is 1. The minimum atomic E-state index is -1.22. The van der Waals surface area contributed by atoms with Crippen molar-refractivity contribution < 1.29 is 57.5 Å². The Balaban J connectivity index is 1.49. The molecule has 1 atom stereocenters. The van der Waals surface area contributed by atoms with Crippen LogP contribution in [-0.4, -0.2) is 109 Å². The first-order chi connectivity index (χ1) is 24.8. The lowest BCUT2D eigenvalue weighted by Gasteiger charge is -2.34.